The third-order valence-electron chi connectivity index (χ3n) is 3.69. The molecule has 6 heteroatoms. The number of methoxy groups -OCH3 is 1. The molecule has 128 valence electrons. The maximum Gasteiger partial charge on any atom is 0.244 e. The van der Waals surface area contributed by atoms with Gasteiger partial charge in [0.2, 0.25) is 5.91 Å². The number of hydrogen-bond donors (Lipinski definition) is 1. The fourth-order valence-corrected chi connectivity index (χ4v) is 2.56. The highest BCUT2D eigenvalue weighted by Crippen LogP contribution is 2.18. The molecule has 0 fully saturated rings. The zero-order valence-corrected chi connectivity index (χ0v) is 14.5. The Kier molecular flexibility index (Phi) is 5.36. The summed E-state index contributed by atoms with van der Waals surface area (Å²) in [5.74, 6) is 0.583. The van der Waals surface area contributed by atoms with Crippen molar-refractivity contribution in [1.29, 1.82) is 0 Å². The Morgan fingerprint density at radius 2 is 2.12 bits per heavy atom. The Balaban J connectivity index is 1.54. The number of amides is 1. The molecule has 0 aliphatic heterocycles. The molecule has 1 aromatic carbocycles. The lowest BCUT2D eigenvalue weighted by atomic mass is 10.2. The first-order valence-electron chi connectivity index (χ1n) is 7.88. The molecule has 0 saturated heterocycles. The fraction of sp³-hybridized carbons (Fsp3) is 0.158. The first kappa shape index (κ1) is 17.0. The van der Waals surface area contributed by atoms with Crippen LogP contribution in [0.2, 0.25) is 5.02 Å². The Labute approximate surface area is 150 Å². The minimum atomic E-state index is -0.142. The van der Waals surface area contributed by atoms with Crippen molar-refractivity contribution in [3.05, 3.63) is 71.1 Å². The van der Waals surface area contributed by atoms with Crippen LogP contribution in [0.15, 0.2) is 54.9 Å². The highest BCUT2D eigenvalue weighted by Gasteiger charge is 2.06. The van der Waals surface area contributed by atoms with Crippen LogP contribution in [0.25, 0.3) is 11.7 Å². The number of benzene rings is 1. The van der Waals surface area contributed by atoms with Crippen LogP contribution in [0.3, 0.4) is 0 Å². The quantitative estimate of drug-likeness (QED) is 0.690. The van der Waals surface area contributed by atoms with Gasteiger partial charge in [0.25, 0.3) is 0 Å². The minimum Gasteiger partial charge on any atom is -0.493 e. The third kappa shape index (κ3) is 4.39. The number of imidazole rings is 1. The molecule has 0 atom stereocenters. The largest absolute Gasteiger partial charge is 0.493 e. The van der Waals surface area contributed by atoms with E-state index in [-0.39, 0.29) is 5.91 Å². The van der Waals surface area contributed by atoms with E-state index < -0.39 is 0 Å². The summed E-state index contributed by atoms with van der Waals surface area (Å²) in [4.78, 5) is 16.4. The molecule has 3 rings (SSSR count). The zero-order chi connectivity index (χ0) is 17.6. The normalized spacial score (nSPS) is 11.1. The van der Waals surface area contributed by atoms with E-state index in [1.807, 2.05) is 41.1 Å². The van der Waals surface area contributed by atoms with Crippen LogP contribution in [0.1, 0.15) is 11.3 Å². The molecule has 1 N–H and O–H groups in total. The van der Waals surface area contributed by atoms with Gasteiger partial charge in [-0.3, -0.25) is 4.79 Å². The summed E-state index contributed by atoms with van der Waals surface area (Å²) in [6.07, 6.45) is 7.76. The van der Waals surface area contributed by atoms with Crippen LogP contribution in [0.4, 0.5) is 0 Å². The standard InChI is InChI=1S/C19H18ClN3O2/c1-25-17-3-2-12-23-13-16(22-19(17)23)10-11-21-18(24)9-6-14-4-7-15(20)8-5-14/h2-9,12-13H,10-11H2,1H3,(H,21,24)/b9-6+. The molecule has 0 spiro atoms. The van der Waals surface area contributed by atoms with Crippen LogP contribution >= 0.6 is 11.6 Å². The lowest BCUT2D eigenvalue weighted by molar-refractivity contribution is -0.116. The van der Waals surface area contributed by atoms with Crippen molar-refractivity contribution in [2.24, 2.45) is 0 Å². The number of hydrogen-bond acceptors (Lipinski definition) is 3. The van der Waals surface area contributed by atoms with Gasteiger partial charge in [-0.25, -0.2) is 4.98 Å². The highest BCUT2D eigenvalue weighted by molar-refractivity contribution is 6.30. The van der Waals surface area contributed by atoms with Crippen molar-refractivity contribution in [1.82, 2.24) is 14.7 Å². The number of nitrogens with zero attached hydrogens (tertiary/aromatic N) is 2. The van der Waals surface area contributed by atoms with Crippen molar-refractivity contribution in [3.63, 3.8) is 0 Å². The summed E-state index contributed by atoms with van der Waals surface area (Å²) in [7, 11) is 1.62. The second-order valence-electron chi connectivity index (χ2n) is 5.47. The van der Waals surface area contributed by atoms with Gasteiger partial charge in [0, 0.05) is 36.5 Å². The van der Waals surface area contributed by atoms with Crippen LogP contribution in [-0.2, 0) is 11.2 Å². The van der Waals surface area contributed by atoms with Crippen LogP contribution < -0.4 is 10.1 Å². The molecule has 3 aromatic rings. The zero-order valence-electron chi connectivity index (χ0n) is 13.8. The van der Waals surface area contributed by atoms with E-state index in [1.165, 1.54) is 6.08 Å². The first-order valence-corrected chi connectivity index (χ1v) is 8.25. The van der Waals surface area contributed by atoms with Crippen molar-refractivity contribution >= 4 is 29.2 Å². The molecule has 5 nitrogen and oxygen atoms in total. The minimum absolute atomic E-state index is 0.142. The number of pyridine rings is 1. The Hall–Kier alpha value is -2.79. The predicted molar refractivity (Wildman–Crippen MR) is 98.9 cm³/mol. The molecule has 0 saturated carbocycles. The van der Waals surface area contributed by atoms with Gasteiger partial charge in [0.05, 0.1) is 12.8 Å². The average Bonchev–Trinajstić information content (AvgIpc) is 3.04. The molecule has 25 heavy (non-hydrogen) atoms. The maximum absolute atomic E-state index is 11.9. The third-order valence-corrected chi connectivity index (χ3v) is 3.95. The van der Waals surface area contributed by atoms with E-state index in [4.69, 9.17) is 16.3 Å². The van der Waals surface area contributed by atoms with Gasteiger partial charge >= 0.3 is 0 Å². The summed E-state index contributed by atoms with van der Waals surface area (Å²) in [5, 5.41) is 3.53. The van der Waals surface area contributed by atoms with Crippen molar-refractivity contribution < 1.29 is 9.53 Å². The maximum atomic E-state index is 11.9. The van der Waals surface area contributed by atoms with E-state index in [0.717, 1.165) is 22.7 Å². The number of halogens is 1. The number of nitrogens with one attached hydrogen (secondary N) is 1. The lowest BCUT2D eigenvalue weighted by Gasteiger charge is -2.00. The number of carbonyl (C=O) groups is 1. The van der Waals surface area contributed by atoms with Crippen molar-refractivity contribution in [2.75, 3.05) is 13.7 Å². The summed E-state index contributed by atoms with van der Waals surface area (Å²) in [6.45, 7) is 0.510. The van der Waals surface area contributed by atoms with Crippen molar-refractivity contribution in [3.8, 4) is 5.75 Å². The Morgan fingerprint density at radius 3 is 2.88 bits per heavy atom. The summed E-state index contributed by atoms with van der Waals surface area (Å²) >= 11 is 5.83. The Morgan fingerprint density at radius 1 is 1.32 bits per heavy atom. The fourth-order valence-electron chi connectivity index (χ4n) is 2.44. The van der Waals surface area contributed by atoms with Crippen LogP contribution in [0.5, 0.6) is 5.75 Å². The molecule has 0 radical (unpaired) electrons. The number of ether oxygens (including phenoxy) is 1. The summed E-state index contributed by atoms with van der Waals surface area (Å²) in [5.41, 5.74) is 2.59. The average molecular weight is 356 g/mol. The molecule has 2 heterocycles. The number of carbonyl (C=O) groups excluding carboxylic acids is 1. The molecular weight excluding hydrogens is 338 g/mol. The molecule has 0 aliphatic rings. The van der Waals surface area contributed by atoms with Gasteiger partial charge in [-0.15, -0.1) is 0 Å². The van der Waals surface area contributed by atoms with Crippen molar-refractivity contribution in [2.45, 2.75) is 6.42 Å². The van der Waals surface area contributed by atoms with Gasteiger partial charge in [-0.2, -0.15) is 0 Å². The predicted octanol–water partition coefficient (Wildman–Crippen LogP) is 3.37. The second kappa shape index (κ2) is 7.85. The molecule has 0 unspecified atom stereocenters. The van der Waals surface area contributed by atoms with E-state index >= 15 is 0 Å². The first-order chi connectivity index (χ1) is 12.2. The molecule has 0 aliphatic carbocycles. The molecule has 0 bridgehead atoms. The van der Waals surface area contributed by atoms with Crippen LogP contribution in [-0.4, -0.2) is 28.9 Å². The number of rotatable bonds is 6. The van der Waals surface area contributed by atoms with E-state index in [2.05, 4.69) is 10.3 Å². The second-order valence-corrected chi connectivity index (χ2v) is 5.90. The van der Waals surface area contributed by atoms with Gasteiger partial charge in [0.15, 0.2) is 11.4 Å². The van der Waals surface area contributed by atoms with Crippen LogP contribution in [0, 0.1) is 0 Å². The topological polar surface area (TPSA) is 55.6 Å². The van der Waals surface area contributed by atoms with Gasteiger partial charge in [0.1, 0.15) is 0 Å². The van der Waals surface area contributed by atoms with Gasteiger partial charge in [-0.1, -0.05) is 23.7 Å². The monoisotopic (exact) mass is 355 g/mol. The molecular formula is C19H18ClN3O2. The smallest absolute Gasteiger partial charge is 0.244 e. The molecule has 1 amide bonds. The molecule has 2 aromatic heterocycles. The Bertz CT molecular complexity index is 901. The summed E-state index contributed by atoms with van der Waals surface area (Å²) < 4.78 is 7.21. The SMILES string of the molecule is COc1cccn2cc(CCNC(=O)/C=C/c3ccc(Cl)cc3)nc12. The van der Waals surface area contributed by atoms with Gasteiger partial charge < -0.3 is 14.5 Å². The van der Waals surface area contributed by atoms with E-state index in [9.17, 15) is 4.79 Å². The van der Waals surface area contributed by atoms with Gasteiger partial charge in [-0.05, 0) is 35.9 Å². The van der Waals surface area contributed by atoms with E-state index in [1.54, 1.807) is 25.3 Å². The lowest BCUT2D eigenvalue weighted by Crippen LogP contribution is -2.23. The highest BCUT2D eigenvalue weighted by atomic mass is 35.5. The van der Waals surface area contributed by atoms with E-state index in [0.29, 0.717) is 18.0 Å². The number of fused-ring (bicyclic) bond motifs is 1. The summed E-state index contributed by atoms with van der Waals surface area (Å²) in [6, 6.07) is 11.1. The number of aromatic nitrogens is 2.